The minimum Gasteiger partial charge on any atom is -0.496 e. The van der Waals surface area contributed by atoms with Crippen LogP contribution in [-0.4, -0.2) is 35.2 Å². The van der Waals surface area contributed by atoms with Gasteiger partial charge in [-0.2, -0.15) is 5.10 Å². The Morgan fingerprint density at radius 2 is 1.87 bits per heavy atom. The molecule has 0 bridgehead atoms. The van der Waals surface area contributed by atoms with Crippen molar-refractivity contribution in [3.05, 3.63) is 41.5 Å². The Morgan fingerprint density at radius 3 is 2.50 bits per heavy atom. The van der Waals surface area contributed by atoms with E-state index in [9.17, 15) is 14.0 Å². The van der Waals surface area contributed by atoms with E-state index in [1.54, 1.807) is 0 Å². The van der Waals surface area contributed by atoms with Crippen LogP contribution >= 0.6 is 0 Å². The number of H-pyrrole nitrogens is 1. The first-order valence-electron chi connectivity index (χ1n) is 10.2. The molecule has 1 aliphatic rings. The molecule has 0 aliphatic heterocycles. The van der Waals surface area contributed by atoms with Crippen LogP contribution in [0.1, 0.15) is 67.3 Å². The summed E-state index contributed by atoms with van der Waals surface area (Å²) in [6.45, 7) is 6.75. The Labute approximate surface area is 175 Å². The zero-order valence-electron chi connectivity index (χ0n) is 17.8. The second-order valence-electron chi connectivity index (χ2n) is 8.81. The van der Waals surface area contributed by atoms with Gasteiger partial charge in [0.15, 0.2) is 5.69 Å². The van der Waals surface area contributed by atoms with Gasteiger partial charge in [-0.1, -0.05) is 26.8 Å². The normalized spacial score (nSPS) is 19.2. The second-order valence-corrected chi connectivity index (χ2v) is 8.81. The summed E-state index contributed by atoms with van der Waals surface area (Å²) in [4.78, 5) is 25.3. The number of amides is 2. The number of carbonyl (C=O) groups is 2. The number of anilines is 1. The molecule has 2 amide bonds. The molecule has 3 N–H and O–H groups in total. The van der Waals surface area contributed by atoms with Crippen molar-refractivity contribution in [1.82, 2.24) is 15.5 Å². The number of nitrogens with zero attached hydrogens (tertiary/aromatic N) is 1. The Bertz CT molecular complexity index is 911. The van der Waals surface area contributed by atoms with Crippen molar-refractivity contribution in [3.63, 3.8) is 0 Å². The molecular weight excluding hydrogens is 387 g/mol. The third-order valence-corrected chi connectivity index (χ3v) is 5.81. The number of rotatable bonds is 5. The fraction of sp³-hybridized carbons (Fsp3) is 0.500. The van der Waals surface area contributed by atoms with Gasteiger partial charge in [0.1, 0.15) is 17.1 Å². The molecule has 0 atom stereocenters. The smallest absolute Gasteiger partial charge is 0.274 e. The summed E-state index contributed by atoms with van der Waals surface area (Å²) in [7, 11) is 1.36. The highest BCUT2D eigenvalue weighted by Crippen LogP contribution is 2.37. The number of ether oxygens (including phenoxy) is 1. The number of hydrogen-bond acceptors (Lipinski definition) is 4. The first-order valence-corrected chi connectivity index (χ1v) is 10.2. The van der Waals surface area contributed by atoms with Crippen molar-refractivity contribution in [2.24, 2.45) is 11.3 Å². The largest absolute Gasteiger partial charge is 0.496 e. The molecule has 30 heavy (non-hydrogen) atoms. The average Bonchev–Trinajstić information content (AvgIpc) is 3.15. The number of benzene rings is 1. The zero-order chi connectivity index (χ0) is 21.9. The minimum absolute atomic E-state index is 0.0663. The topological polar surface area (TPSA) is 96.1 Å². The molecule has 3 rings (SSSR count). The summed E-state index contributed by atoms with van der Waals surface area (Å²) in [5.74, 6) is -1.05. The van der Waals surface area contributed by atoms with E-state index in [1.807, 2.05) is 0 Å². The number of hydrogen-bond donors (Lipinski definition) is 3. The third-order valence-electron chi connectivity index (χ3n) is 5.81. The standard InChI is InChI=1S/C22H29FN4O3/c1-22(2,3)13-8-10-14(11-9-13)25-21(29)19-16(12-24-27-19)26-20(28)18-15(23)6-5-7-17(18)30-4/h5-7,12-14H,8-11H2,1-4H3,(H,24,27)(H,25,29)(H,26,28). The summed E-state index contributed by atoms with van der Waals surface area (Å²) in [6.07, 6.45) is 5.34. The van der Waals surface area contributed by atoms with Gasteiger partial charge in [-0.15, -0.1) is 0 Å². The van der Waals surface area contributed by atoms with Crippen LogP contribution in [0.5, 0.6) is 5.75 Å². The lowest BCUT2D eigenvalue weighted by Gasteiger charge is -2.37. The molecule has 162 valence electrons. The van der Waals surface area contributed by atoms with Crippen molar-refractivity contribution >= 4 is 17.5 Å². The number of carbonyl (C=O) groups excluding carboxylic acids is 2. The van der Waals surface area contributed by atoms with E-state index >= 15 is 0 Å². The van der Waals surface area contributed by atoms with Crippen LogP contribution in [0.4, 0.5) is 10.1 Å². The molecule has 0 spiro atoms. The molecule has 2 aromatic rings. The molecule has 8 heteroatoms. The second kappa shape index (κ2) is 8.85. The van der Waals surface area contributed by atoms with Crippen LogP contribution in [0.3, 0.4) is 0 Å². The van der Waals surface area contributed by atoms with E-state index in [2.05, 4.69) is 41.6 Å². The first kappa shape index (κ1) is 21.8. The molecular formula is C22H29FN4O3. The number of aromatic amines is 1. The van der Waals surface area contributed by atoms with Crippen molar-refractivity contribution in [3.8, 4) is 5.75 Å². The predicted molar refractivity (Wildman–Crippen MR) is 112 cm³/mol. The fourth-order valence-corrected chi connectivity index (χ4v) is 4.00. The molecule has 0 saturated heterocycles. The van der Waals surface area contributed by atoms with Crippen molar-refractivity contribution in [1.29, 1.82) is 0 Å². The van der Waals surface area contributed by atoms with E-state index in [0.29, 0.717) is 5.92 Å². The van der Waals surface area contributed by atoms with Crippen LogP contribution in [0.2, 0.25) is 0 Å². The lowest BCUT2D eigenvalue weighted by molar-refractivity contribution is 0.0900. The van der Waals surface area contributed by atoms with Crippen LogP contribution < -0.4 is 15.4 Å². The maximum atomic E-state index is 14.2. The average molecular weight is 416 g/mol. The summed E-state index contributed by atoms with van der Waals surface area (Å²) < 4.78 is 19.2. The molecule has 0 unspecified atom stereocenters. The Balaban J connectivity index is 1.66. The monoisotopic (exact) mass is 416 g/mol. The molecule has 1 aromatic heterocycles. The Hall–Kier alpha value is -2.90. The lowest BCUT2D eigenvalue weighted by Crippen LogP contribution is -2.39. The van der Waals surface area contributed by atoms with Gasteiger partial charge in [-0.05, 0) is 49.1 Å². The van der Waals surface area contributed by atoms with E-state index in [0.717, 1.165) is 25.7 Å². The highest BCUT2D eigenvalue weighted by Gasteiger charge is 2.31. The van der Waals surface area contributed by atoms with E-state index < -0.39 is 11.7 Å². The number of halogens is 1. The van der Waals surface area contributed by atoms with Gasteiger partial charge in [0.2, 0.25) is 0 Å². The third kappa shape index (κ3) is 4.80. The van der Waals surface area contributed by atoms with Crippen molar-refractivity contribution in [2.75, 3.05) is 12.4 Å². The van der Waals surface area contributed by atoms with Crippen LogP contribution in [0.15, 0.2) is 24.4 Å². The van der Waals surface area contributed by atoms with Gasteiger partial charge in [0.05, 0.1) is 12.8 Å². The van der Waals surface area contributed by atoms with Gasteiger partial charge in [0, 0.05) is 12.2 Å². The number of nitrogens with one attached hydrogen (secondary N) is 3. The minimum atomic E-state index is -0.717. The van der Waals surface area contributed by atoms with Crippen molar-refractivity contribution in [2.45, 2.75) is 52.5 Å². The molecule has 1 aromatic carbocycles. The van der Waals surface area contributed by atoms with Crippen LogP contribution in [0.25, 0.3) is 0 Å². The van der Waals surface area contributed by atoms with Gasteiger partial charge < -0.3 is 15.4 Å². The fourth-order valence-electron chi connectivity index (χ4n) is 4.00. The quantitative estimate of drug-likeness (QED) is 0.682. The SMILES string of the molecule is COc1cccc(F)c1C(=O)Nc1c[nH]nc1C(=O)NC1CCC(C(C)(C)C)CC1. The summed E-state index contributed by atoms with van der Waals surface area (Å²) >= 11 is 0. The Kier molecular flexibility index (Phi) is 6.43. The lowest BCUT2D eigenvalue weighted by atomic mass is 9.71. The molecule has 1 heterocycles. The molecule has 0 radical (unpaired) electrons. The van der Waals surface area contributed by atoms with Gasteiger partial charge in [-0.3, -0.25) is 14.7 Å². The molecule has 1 fully saturated rings. The van der Waals surface area contributed by atoms with E-state index in [4.69, 9.17) is 4.74 Å². The first-order chi connectivity index (χ1) is 14.2. The molecule has 1 saturated carbocycles. The molecule has 7 nitrogen and oxygen atoms in total. The highest BCUT2D eigenvalue weighted by molar-refractivity contribution is 6.09. The summed E-state index contributed by atoms with van der Waals surface area (Å²) in [5.41, 5.74) is 0.290. The molecule has 1 aliphatic carbocycles. The highest BCUT2D eigenvalue weighted by atomic mass is 19.1. The van der Waals surface area contributed by atoms with Gasteiger partial charge >= 0.3 is 0 Å². The predicted octanol–water partition coefficient (Wildman–Crippen LogP) is 4.14. The summed E-state index contributed by atoms with van der Waals surface area (Å²) in [6, 6.07) is 4.20. The van der Waals surface area contributed by atoms with Crippen LogP contribution in [0, 0.1) is 17.2 Å². The number of methoxy groups -OCH3 is 1. The Morgan fingerprint density at radius 1 is 1.17 bits per heavy atom. The maximum Gasteiger partial charge on any atom is 0.274 e. The van der Waals surface area contributed by atoms with E-state index in [1.165, 1.54) is 31.5 Å². The zero-order valence-corrected chi connectivity index (χ0v) is 17.8. The van der Waals surface area contributed by atoms with Gasteiger partial charge in [-0.25, -0.2) is 4.39 Å². The summed E-state index contributed by atoms with van der Waals surface area (Å²) in [5, 5.41) is 12.1. The number of aromatic nitrogens is 2. The van der Waals surface area contributed by atoms with Crippen molar-refractivity contribution < 1.29 is 18.7 Å². The van der Waals surface area contributed by atoms with Crippen LogP contribution in [-0.2, 0) is 0 Å². The maximum absolute atomic E-state index is 14.2. The van der Waals surface area contributed by atoms with Gasteiger partial charge in [0.25, 0.3) is 11.8 Å². The van der Waals surface area contributed by atoms with E-state index in [-0.39, 0.29) is 40.1 Å².